The topological polar surface area (TPSA) is 70.4 Å². The fourth-order valence-corrected chi connectivity index (χ4v) is 2.77. The molecule has 5 heteroatoms. The summed E-state index contributed by atoms with van der Waals surface area (Å²) < 4.78 is 0. The quantitative estimate of drug-likeness (QED) is 0.723. The summed E-state index contributed by atoms with van der Waals surface area (Å²) >= 11 is 0. The molecule has 1 aromatic rings. The molecule has 0 unspecified atom stereocenters. The average molecular weight is 290 g/mol. The molecule has 116 valence electrons. The van der Waals surface area contributed by atoms with Gasteiger partial charge in [0.05, 0.1) is 11.4 Å². The number of amides is 1. The third-order valence-corrected chi connectivity index (χ3v) is 4.25. The van der Waals surface area contributed by atoms with Gasteiger partial charge in [0.15, 0.2) is 0 Å². The van der Waals surface area contributed by atoms with E-state index in [-0.39, 0.29) is 5.91 Å². The molecule has 0 atom stereocenters. The molecule has 5 nitrogen and oxygen atoms in total. The number of benzene rings is 1. The molecule has 1 aliphatic rings. The van der Waals surface area contributed by atoms with Gasteiger partial charge in [-0.1, -0.05) is 0 Å². The number of piperidine rings is 1. The molecular weight excluding hydrogens is 264 g/mol. The van der Waals surface area contributed by atoms with E-state index in [1.54, 1.807) is 19.2 Å². The Hall–Kier alpha value is -1.75. The summed E-state index contributed by atoms with van der Waals surface area (Å²) in [6, 6.07) is 5.40. The summed E-state index contributed by atoms with van der Waals surface area (Å²) in [5, 5.41) is 5.98. The number of anilines is 2. The van der Waals surface area contributed by atoms with Gasteiger partial charge in [-0.3, -0.25) is 4.79 Å². The van der Waals surface area contributed by atoms with Crippen molar-refractivity contribution < 1.29 is 4.79 Å². The third-order valence-electron chi connectivity index (χ3n) is 4.25. The van der Waals surface area contributed by atoms with Gasteiger partial charge in [-0.05, 0) is 63.5 Å². The van der Waals surface area contributed by atoms with Crippen LogP contribution < -0.4 is 16.4 Å². The fourth-order valence-electron chi connectivity index (χ4n) is 2.77. The van der Waals surface area contributed by atoms with E-state index >= 15 is 0 Å². The number of nitrogens with two attached hydrogens (primary N) is 1. The number of hydrogen-bond donors (Lipinski definition) is 3. The van der Waals surface area contributed by atoms with Crippen LogP contribution >= 0.6 is 0 Å². The number of nitrogen functional groups attached to an aromatic ring is 1. The molecule has 21 heavy (non-hydrogen) atoms. The van der Waals surface area contributed by atoms with Gasteiger partial charge >= 0.3 is 0 Å². The van der Waals surface area contributed by atoms with Crippen molar-refractivity contribution in [3.63, 3.8) is 0 Å². The molecule has 1 amide bonds. The molecule has 0 saturated carbocycles. The average Bonchev–Trinajstić information content (AvgIpc) is 2.50. The van der Waals surface area contributed by atoms with Crippen LogP contribution in [0.4, 0.5) is 11.4 Å². The lowest BCUT2D eigenvalue weighted by atomic mass is 9.94. The maximum absolute atomic E-state index is 11.5. The number of carbonyl (C=O) groups is 1. The third kappa shape index (κ3) is 4.36. The van der Waals surface area contributed by atoms with Crippen LogP contribution in [0.3, 0.4) is 0 Å². The van der Waals surface area contributed by atoms with Gasteiger partial charge in [0.25, 0.3) is 5.91 Å². The van der Waals surface area contributed by atoms with E-state index in [1.807, 2.05) is 6.07 Å². The van der Waals surface area contributed by atoms with E-state index in [0.29, 0.717) is 11.3 Å². The van der Waals surface area contributed by atoms with Gasteiger partial charge in [-0.15, -0.1) is 0 Å². The predicted octanol–water partition coefficient (Wildman–Crippen LogP) is 1.77. The van der Waals surface area contributed by atoms with Crippen molar-refractivity contribution in [2.75, 3.05) is 44.8 Å². The van der Waals surface area contributed by atoms with Crippen LogP contribution in [0, 0.1) is 5.92 Å². The first-order chi connectivity index (χ1) is 10.1. The summed E-state index contributed by atoms with van der Waals surface area (Å²) in [5.41, 5.74) is 8.13. The Balaban J connectivity index is 1.82. The second kappa shape index (κ2) is 7.31. The van der Waals surface area contributed by atoms with Crippen molar-refractivity contribution in [3.05, 3.63) is 23.8 Å². The van der Waals surface area contributed by atoms with E-state index in [1.165, 1.54) is 32.4 Å². The molecule has 0 bridgehead atoms. The zero-order chi connectivity index (χ0) is 15.2. The zero-order valence-corrected chi connectivity index (χ0v) is 13.0. The number of nitrogens with one attached hydrogen (secondary N) is 2. The monoisotopic (exact) mass is 290 g/mol. The molecule has 1 aliphatic heterocycles. The van der Waals surface area contributed by atoms with Crippen molar-refractivity contribution in [2.24, 2.45) is 5.92 Å². The van der Waals surface area contributed by atoms with Gasteiger partial charge in [-0.25, -0.2) is 0 Å². The number of likely N-dealkylation sites (tertiary alicyclic amines) is 1. The SMILES string of the molecule is CNC(=O)c1ccc(NCCC2CCN(C)CC2)c(N)c1. The summed E-state index contributed by atoms with van der Waals surface area (Å²) in [5.74, 6) is 0.694. The van der Waals surface area contributed by atoms with Crippen LogP contribution in [0.25, 0.3) is 0 Å². The van der Waals surface area contributed by atoms with E-state index in [2.05, 4.69) is 22.6 Å². The standard InChI is InChI=1S/C16H26N4O/c1-18-16(21)13-3-4-15(14(17)11-13)19-8-5-12-6-9-20(2)10-7-12/h3-4,11-12,19H,5-10,17H2,1-2H3,(H,18,21). The van der Waals surface area contributed by atoms with Crippen LogP contribution in [0.1, 0.15) is 29.6 Å². The second-order valence-electron chi connectivity index (χ2n) is 5.84. The molecule has 2 rings (SSSR count). The van der Waals surface area contributed by atoms with Crippen molar-refractivity contribution in [1.82, 2.24) is 10.2 Å². The molecule has 0 aliphatic carbocycles. The molecule has 1 aromatic carbocycles. The maximum Gasteiger partial charge on any atom is 0.251 e. The number of carbonyl (C=O) groups excluding carboxylic acids is 1. The number of nitrogens with zero attached hydrogens (tertiary/aromatic N) is 1. The van der Waals surface area contributed by atoms with E-state index in [0.717, 1.165) is 18.2 Å². The Morgan fingerprint density at radius 2 is 2.10 bits per heavy atom. The van der Waals surface area contributed by atoms with Gasteiger partial charge in [0.2, 0.25) is 0 Å². The van der Waals surface area contributed by atoms with E-state index in [9.17, 15) is 4.79 Å². The summed E-state index contributed by atoms with van der Waals surface area (Å²) in [6.45, 7) is 3.33. The van der Waals surface area contributed by atoms with Crippen molar-refractivity contribution in [2.45, 2.75) is 19.3 Å². The van der Waals surface area contributed by atoms with Crippen molar-refractivity contribution >= 4 is 17.3 Å². The largest absolute Gasteiger partial charge is 0.397 e. The molecule has 0 spiro atoms. The van der Waals surface area contributed by atoms with Gasteiger partial charge in [-0.2, -0.15) is 0 Å². The van der Waals surface area contributed by atoms with Crippen LogP contribution in [-0.4, -0.2) is 44.5 Å². The number of rotatable bonds is 5. The smallest absolute Gasteiger partial charge is 0.251 e. The van der Waals surface area contributed by atoms with Crippen molar-refractivity contribution in [3.8, 4) is 0 Å². The zero-order valence-electron chi connectivity index (χ0n) is 13.0. The minimum atomic E-state index is -0.112. The summed E-state index contributed by atoms with van der Waals surface area (Å²) in [6.07, 6.45) is 3.73. The van der Waals surface area contributed by atoms with Gasteiger partial charge in [0, 0.05) is 19.2 Å². The predicted molar refractivity (Wildman–Crippen MR) is 87.6 cm³/mol. The molecule has 0 aromatic heterocycles. The molecule has 1 heterocycles. The van der Waals surface area contributed by atoms with Crippen LogP contribution in [0.2, 0.25) is 0 Å². The van der Waals surface area contributed by atoms with Crippen LogP contribution in [-0.2, 0) is 0 Å². The summed E-state index contributed by atoms with van der Waals surface area (Å²) in [4.78, 5) is 13.9. The maximum atomic E-state index is 11.5. The first-order valence-corrected chi connectivity index (χ1v) is 7.64. The molecule has 4 N–H and O–H groups in total. The van der Waals surface area contributed by atoms with Gasteiger partial charge < -0.3 is 21.3 Å². The summed E-state index contributed by atoms with van der Waals surface area (Å²) in [7, 11) is 3.80. The Kier molecular flexibility index (Phi) is 5.44. The van der Waals surface area contributed by atoms with E-state index in [4.69, 9.17) is 5.73 Å². The molecule has 1 fully saturated rings. The first-order valence-electron chi connectivity index (χ1n) is 7.64. The lowest BCUT2D eigenvalue weighted by Crippen LogP contribution is -2.30. The normalized spacial score (nSPS) is 16.7. The second-order valence-corrected chi connectivity index (χ2v) is 5.84. The highest BCUT2D eigenvalue weighted by Gasteiger charge is 2.16. The first kappa shape index (κ1) is 15.6. The lowest BCUT2D eigenvalue weighted by Gasteiger charge is -2.29. The van der Waals surface area contributed by atoms with E-state index < -0.39 is 0 Å². The van der Waals surface area contributed by atoms with Crippen LogP contribution in [0.5, 0.6) is 0 Å². The fraction of sp³-hybridized carbons (Fsp3) is 0.562. The molecule has 1 saturated heterocycles. The van der Waals surface area contributed by atoms with Gasteiger partial charge in [0.1, 0.15) is 0 Å². The number of hydrogen-bond acceptors (Lipinski definition) is 4. The molecule has 0 radical (unpaired) electrons. The Labute approximate surface area is 126 Å². The Morgan fingerprint density at radius 1 is 1.38 bits per heavy atom. The lowest BCUT2D eigenvalue weighted by molar-refractivity contribution is 0.0963. The minimum absolute atomic E-state index is 0.112. The highest BCUT2D eigenvalue weighted by Crippen LogP contribution is 2.22. The highest BCUT2D eigenvalue weighted by atomic mass is 16.1. The Bertz CT molecular complexity index is 481. The van der Waals surface area contributed by atoms with Crippen molar-refractivity contribution in [1.29, 1.82) is 0 Å². The highest BCUT2D eigenvalue weighted by molar-refractivity contribution is 5.95. The van der Waals surface area contributed by atoms with Crippen LogP contribution in [0.15, 0.2) is 18.2 Å². The molecular formula is C16H26N4O. The Morgan fingerprint density at radius 3 is 2.71 bits per heavy atom. The minimum Gasteiger partial charge on any atom is -0.397 e.